The van der Waals surface area contributed by atoms with Crippen molar-refractivity contribution in [2.75, 3.05) is 30.3 Å². The number of ether oxygens (including phenoxy) is 1. The maximum absolute atomic E-state index is 13.8. The molecule has 2 amide bonds. The Morgan fingerprint density at radius 2 is 1.49 bits per heavy atom. The molecule has 8 nitrogen and oxygen atoms in total. The Hall–Kier alpha value is -3.85. The van der Waals surface area contributed by atoms with Gasteiger partial charge < -0.3 is 15.0 Å². The second-order valence-electron chi connectivity index (χ2n) is 9.87. The monoisotopic (exact) mass is 579 g/mol. The molecule has 0 fully saturated rings. The number of hydrogen-bond donors (Lipinski definition) is 1. The Labute approximate surface area is 244 Å². The molecule has 0 heterocycles. The van der Waals surface area contributed by atoms with Crippen molar-refractivity contribution in [2.24, 2.45) is 0 Å². The van der Waals surface area contributed by atoms with Crippen LogP contribution in [0.5, 0.6) is 5.75 Å². The molecule has 0 saturated heterocycles. The fourth-order valence-electron chi connectivity index (χ4n) is 4.58. The number of benzene rings is 3. The molecule has 0 aliphatic heterocycles. The van der Waals surface area contributed by atoms with Crippen molar-refractivity contribution in [1.82, 2.24) is 10.2 Å². The van der Waals surface area contributed by atoms with E-state index in [2.05, 4.69) is 5.32 Å². The van der Waals surface area contributed by atoms with Gasteiger partial charge in [0.15, 0.2) is 0 Å². The van der Waals surface area contributed by atoms with Gasteiger partial charge in [0.25, 0.3) is 0 Å². The van der Waals surface area contributed by atoms with Crippen molar-refractivity contribution in [3.05, 3.63) is 96.1 Å². The summed E-state index contributed by atoms with van der Waals surface area (Å²) in [6.07, 6.45) is 2.68. The molecule has 0 radical (unpaired) electrons. The quantitative estimate of drug-likeness (QED) is 0.263. The number of sulfonamides is 1. The van der Waals surface area contributed by atoms with E-state index in [0.717, 1.165) is 23.8 Å². The first kappa shape index (κ1) is 31.7. The molecule has 3 aromatic carbocycles. The maximum Gasteiger partial charge on any atom is 0.243 e. The zero-order valence-electron chi connectivity index (χ0n) is 24.2. The Morgan fingerprint density at radius 3 is 2.05 bits per heavy atom. The van der Waals surface area contributed by atoms with Crippen LogP contribution >= 0.6 is 0 Å². The van der Waals surface area contributed by atoms with Gasteiger partial charge >= 0.3 is 0 Å². The van der Waals surface area contributed by atoms with Crippen LogP contribution in [0, 0.1) is 0 Å². The van der Waals surface area contributed by atoms with Crippen LogP contribution in [-0.2, 0) is 32.6 Å². The number of nitrogens with zero attached hydrogens (tertiary/aromatic N) is 2. The number of amides is 2. The van der Waals surface area contributed by atoms with Crippen LogP contribution in [0.4, 0.5) is 5.69 Å². The highest BCUT2D eigenvalue weighted by molar-refractivity contribution is 7.92. The molecule has 1 N–H and O–H groups in total. The molecule has 0 spiro atoms. The third-order valence-electron chi connectivity index (χ3n) is 6.60. The summed E-state index contributed by atoms with van der Waals surface area (Å²) in [6.45, 7) is 5.29. The van der Waals surface area contributed by atoms with Gasteiger partial charge in [0.05, 0.1) is 18.6 Å². The minimum absolute atomic E-state index is 0.0855. The fourth-order valence-corrected chi connectivity index (χ4v) is 5.54. The maximum atomic E-state index is 13.8. The lowest BCUT2D eigenvalue weighted by molar-refractivity contribution is -0.141. The van der Waals surface area contributed by atoms with Crippen LogP contribution in [0.25, 0.3) is 0 Å². The summed E-state index contributed by atoms with van der Waals surface area (Å²) < 4.78 is 32.1. The lowest BCUT2D eigenvalue weighted by atomic mass is 10.0. The molecule has 3 rings (SSSR count). The molecule has 220 valence electrons. The van der Waals surface area contributed by atoms with Gasteiger partial charge in [-0.1, -0.05) is 67.6 Å². The smallest absolute Gasteiger partial charge is 0.243 e. The average Bonchev–Trinajstić information content (AvgIpc) is 2.97. The second kappa shape index (κ2) is 15.8. The molecular weight excluding hydrogens is 538 g/mol. The number of anilines is 1. The summed E-state index contributed by atoms with van der Waals surface area (Å²) in [5.41, 5.74) is 2.37. The van der Waals surface area contributed by atoms with Crippen molar-refractivity contribution in [2.45, 2.75) is 52.1 Å². The minimum atomic E-state index is -3.59. The predicted octanol–water partition coefficient (Wildman–Crippen LogP) is 4.80. The Bertz CT molecular complexity index is 1330. The highest BCUT2D eigenvalue weighted by Crippen LogP contribution is 2.23. The normalized spacial score (nSPS) is 11.9. The molecule has 1 atom stereocenters. The zero-order valence-corrected chi connectivity index (χ0v) is 25.0. The molecule has 9 heteroatoms. The van der Waals surface area contributed by atoms with Gasteiger partial charge in [-0.25, -0.2) is 8.42 Å². The van der Waals surface area contributed by atoms with Crippen LogP contribution in [0.15, 0.2) is 84.9 Å². The van der Waals surface area contributed by atoms with E-state index in [0.29, 0.717) is 37.4 Å². The summed E-state index contributed by atoms with van der Waals surface area (Å²) >= 11 is 0. The predicted molar refractivity (Wildman–Crippen MR) is 163 cm³/mol. The van der Waals surface area contributed by atoms with E-state index in [4.69, 9.17) is 4.74 Å². The highest BCUT2D eigenvalue weighted by atomic mass is 32.2. The van der Waals surface area contributed by atoms with Crippen LogP contribution < -0.4 is 14.4 Å². The van der Waals surface area contributed by atoms with Gasteiger partial charge in [-0.15, -0.1) is 0 Å². The number of rotatable bonds is 16. The molecular formula is C32H41N3O5S. The van der Waals surface area contributed by atoms with Gasteiger partial charge in [-0.3, -0.25) is 13.9 Å². The summed E-state index contributed by atoms with van der Waals surface area (Å²) in [4.78, 5) is 28.8. The molecule has 0 saturated carbocycles. The number of hydrogen-bond acceptors (Lipinski definition) is 5. The van der Waals surface area contributed by atoms with Crippen LogP contribution in [0.3, 0.4) is 0 Å². The second-order valence-corrected chi connectivity index (χ2v) is 11.8. The lowest BCUT2D eigenvalue weighted by Gasteiger charge is -2.32. The standard InChI is InChI=1S/C32H41N3O5S/c1-4-22-33-32(37)30(24-26-13-8-6-9-14-26)34(25-27-15-10-7-11-16-27)31(36)17-12-23-35(41(3,38)39)28-18-20-29(21-19-28)40-5-2/h6-11,13-16,18-21,30H,4-5,12,17,22-25H2,1-3H3,(H,33,37). The molecule has 41 heavy (non-hydrogen) atoms. The van der Waals surface area contributed by atoms with E-state index < -0.39 is 16.1 Å². The molecule has 0 aliphatic carbocycles. The van der Waals surface area contributed by atoms with E-state index in [1.165, 1.54) is 4.31 Å². The first-order valence-corrected chi connectivity index (χ1v) is 15.9. The zero-order chi connectivity index (χ0) is 29.7. The van der Waals surface area contributed by atoms with Gasteiger partial charge in [-0.2, -0.15) is 0 Å². The lowest BCUT2D eigenvalue weighted by Crippen LogP contribution is -2.50. The molecule has 3 aromatic rings. The SMILES string of the molecule is CCCNC(=O)C(Cc1ccccc1)N(Cc1ccccc1)C(=O)CCCN(c1ccc(OCC)cc1)S(C)(=O)=O. The molecule has 0 bridgehead atoms. The molecule has 0 aromatic heterocycles. The Morgan fingerprint density at radius 1 is 0.878 bits per heavy atom. The first-order chi connectivity index (χ1) is 19.7. The third kappa shape index (κ3) is 9.93. The van der Waals surface area contributed by atoms with Crippen LogP contribution in [-0.4, -0.2) is 57.1 Å². The highest BCUT2D eigenvalue weighted by Gasteiger charge is 2.30. The first-order valence-electron chi connectivity index (χ1n) is 14.1. The largest absolute Gasteiger partial charge is 0.494 e. The van der Waals surface area contributed by atoms with Crippen LogP contribution in [0.2, 0.25) is 0 Å². The van der Waals surface area contributed by atoms with E-state index in [9.17, 15) is 18.0 Å². The summed E-state index contributed by atoms with van der Waals surface area (Å²) in [5.74, 6) is 0.246. The van der Waals surface area contributed by atoms with Crippen molar-refractivity contribution in [3.63, 3.8) is 0 Å². The number of nitrogens with one attached hydrogen (secondary N) is 1. The fraction of sp³-hybridized carbons (Fsp3) is 0.375. The topological polar surface area (TPSA) is 96.0 Å². The number of carbonyl (C=O) groups is 2. The average molecular weight is 580 g/mol. The summed E-state index contributed by atoms with van der Waals surface area (Å²) in [7, 11) is -3.59. The summed E-state index contributed by atoms with van der Waals surface area (Å²) in [6, 6.07) is 25.4. The van der Waals surface area contributed by atoms with E-state index in [1.807, 2.05) is 74.5 Å². The number of carbonyl (C=O) groups excluding carboxylic acids is 2. The molecule has 0 aliphatic rings. The van der Waals surface area contributed by atoms with Gasteiger partial charge in [0, 0.05) is 32.5 Å². The van der Waals surface area contributed by atoms with Crippen molar-refractivity contribution < 1.29 is 22.7 Å². The Kier molecular flexibility index (Phi) is 12.2. The van der Waals surface area contributed by atoms with E-state index in [-0.39, 0.29) is 31.3 Å². The van der Waals surface area contributed by atoms with Gasteiger partial charge in [0.2, 0.25) is 21.8 Å². The molecule has 1 unspecified atom stereocenters. The Balaban J connectivity index is 1.82. The van der Waals surface area contributed by atoms with Gasteiger partial charge in [0.1, 0.15) is 11.8 Å². The van der Waals surface area contributed by atoms with Crippen molar-refractivity contribution in [3.8, 4) is 5.75 Å². The van der Waals surface area contributed by atoms with Crippen molar-refractivity contribution >= 4 is 27.5 Å². The van der Waals surface area contributed by atoms with Crippen molar-refractivity contribution in [1.29, 1.82) is 0 Å². The third-order valence-corrected chi connectivity index (χ3v) is 7.80. The summed E-state index contributed by atoms with van der Waals surface area (Å²) in [5, 5.41) is 2.97. The van der Waals surface area contributed by atoms with E-state index >= 15 is 0 Å². The minimum Gasteiger partial charge on any atom is -0.494 e. The van der Waals surface area contributed by atoms with E-state index in [1.54, 1.807) is 29.2 Å². The van der Waals surface area contributed by atoms with Crippen LogP contribution in [0.1, 0.15) is 44.2 Å². The van der Waals surface area contributed by atoms with Gasteiger partial charge in [-0.05, 0) is 55.2 Å².